The highest BCUT2D eigenvalue weighted by Gasteiger charge is 2.07. The van der Waals surface area contributed by atoms with Gasteiger partial charge < -0.3 is 15.0 Å². The lowest BCUT2D eigenvalue weighted by atomic mass is 10.2. The van der Waals surface area contributed by atoms with E-state index in [0.717, 1.165) is 17.2 Å². The van der Waals surface area contributed by atoms with E-state index in [1.807, 2.05) is 28.8 Å². The zero-order valence-electron chi connectivity index (χ0n) is 9.14. The summed E-state index contributed by atoms with van der Waals surface area (Å²) in [5.41, 5.74) is 8.06. The third-order valence-corrected chi connectivity index (χ3v) is 2.60. The number of nitrogens with zero attached hydrogens (tertiary/aromatic N) is 1. The van der Waals surface area contributed by atoms with Crippen LogP contribution in [-0.2, 0) is 11.3 Å². The maximum Gasteiger partial charge on any atom is 0.166 e. The fourth-order valence-corrected chi connectivity index (χ4v) is 1.84. The van der Waals surface area contributed by atoms with E-state index in [1.165, 1.54) is 0 Å². The number of hydrogen-bond acceptors (Lipinski definition) is 3. The molecule has 0 amide bonds. The first kappa shape index (κ1) is 10.7. The Labute approximate surface area is 93.6 Å². The molecule has 0 saturated carbocycles. The van der Waals surface area contributed by atoms with E-state index in [-0.39, 0.29) is 0 Å². The lowest BCUT2D eigenvalue weighted by molar-refractivity contribution is 0.111. The third kappa shape index (κ3) is 1.79. The highest BCUT2D eigenvalue weighted by atomic mass is 16.5. The number of nitrogen functional groups attached to an aromatic ring is 1. The van der Waals surface area contributed by atoms with Gasteiger partial charge in [0.1, 0.15) is 0 Å². The molecular weight excluding hydrogens is 204 g/mol. The number of nitrogens with two attached hydrogens (primary N) is 1. The molecule has 4 heteroatoms. The molecule has 0 aliphatic carbocycles. The van der Waals surface area contributed by atoms with Crippen molar-refractivity contribution in [3.05, 3.63) is 30.0 Å². The Morgan fingerprint density at radius 1 is 1.44 bits per heavy atom. The first-order valence-electron chi connectivity index (χ1n) is 5.09. The molecular formula is C12H14N2O2. The Bertz CT molecular complexity index is 517. The van der Waals surface area contributed by atoms with Gasteiger partial charge in [0.2, 0.25) is 0 Å². The first-order valence-corrected chi connectivity index (χ1v) is 5.09. The number of rotatable bonds is 4. The smallest absolute Gasteiger partial charge is 0.166 e. The van der Waals surface area contributed by atoms with E-state index in [0.29, 0.717) is 24.5 Å². The zero-order valence-corrected chi connectivity index (χ0v) is 9.14. The van der Waals surface area contributed by atoms with Gasteiger partial charge in [0.25, 0.3) is 0 Å². The Balaban J connectivity index is 2.54. The zero-order chi connectivity index (χ0) is 11.5. The van der Waals surface area contributed by atoms with Gasteiger partial charge >= 0.3 is 0 Å². The van der Waals surface area contributed by atoms with Crippen LogP contribution in [0.4, 0.5) is 5.69 Å². The van der Waals surface area contributed by atoms with Crippen molar-refractivity contribution in [2.75, 3.05) is 19.5 Å². The van der Waals surface area contributed by atoms with Crippen molar-refractivity contribution in [2.24, 2.45) is 0 Å². The molecule has 16 heavy (non-hydrogen) atoms. The van der Waals surface area contributed by atoms with Crippen LogP contribution in [0.3, 0.4) is 0 Å². The van der Waals surface area contributed by atoms with Gasteiger partial charge in [-0.05, 0) is 24.3 Å². The number of ether oxygens (including phenoxy) is 1. The van der Waals surface area contributed by atoms with E-state index < -0.39 is 0 Å². The largest absolute Gasteiger partial charge is 0.399 e. The minimum Gasteiger partial charge on any atom is -0.399 e. The minimum atomic E-state index is 0.578. The monoisotopic (exact) mass is 218 g/mol. The van der Waals surface area contributed by atoms with Gasteiger partial charge in [0.15, 0.2) is 6.29 Å². The molecule has 1 heterocycles. The summed E-state index contributed by atoms with van der Waals surface area (Å²) in [6.07, 6.45) is 0.853. The Morgan fingerprint density at radius 3 is 2.94 bits per heavy atom. The number of methoxy groups -OCH3 is 1. The molecule has 2 rings (SSSR count). The molecule has 1 aromatic carbocycles. The molecule has 0 aliphatic heterocycles. The third-order valence-electron chi connectivity index (χ3n) is 2.60. The standard InChI is InChI=1S/C12H14N2O2/c1-16-5-4-14-11(8-15)7-9-6-10(13)2-3-12(9)14/h2-3,6-8H,4-5,13H2,1H3. The van der Waals surface area contributed by atoms with Crippen molar-refractivity contribution in [1.82, 2.24) is 4.57 Å². The summed E-state index contributed by atoms with van der Waals surface area (Å²) in [6.45, 7) is 1.24. The summed E-state index contributed by atoms with van der Waals surface area (Å²) in [5, 5.41) is 0.984. The second-order valence-corrected chi connectivity index (χ2v) is 3.65. The number of carbonyl (C=O) groups is 1. The van der Waals surface area contributed by atoms with Crippen molar-refractivity contribution >= 4 is 22.9 Å². The average molecular weight is 218 g/mol. The molecule has 2 aromatic rings. The molecule has 4 nitrogen and oxygen atoms in total. The second kappa shape index (κ2) is 4.37. The van der Waals surface area contributed by atoms with Crippen LogP contribution in [0.25, 0.3) is 10.9 Å². The van der Waals surface area contributed by atoms with Crippen molar-refractivity contribution in [2.45, 2.75) is 6.54 Å². The molecule has 0 saturated heterocycles. The van der Waals surface area contributed by atoms with E-state index in [2.05, 4.69) is 0 Å². The molecule has 0 spiro atoms. The normalized spacial score (nSPS) is 10.8. The molecule has 2 N–H and O–H groups in total. The second-order valence-electron chi connectivity index (χ2n) is 3.65. The molecule has 0 bridgehead atoms. The maximum atomic E-state index is 11.0. The molecule has 1 aromatic heterocycles. The van der Waals surface area contributed by atoms with Crippen LogP contribution >= 0.6 is 0 Å². The van der Waals surface area contributed by atoms with Gasteiger partial charge in [0.05, 0.1) is 12.3 Å². The van der Waals surface area contributed by atoms with Crippen LogP contribution < -0.4 is 5.73 Å². The quantitative estimate of drug-likeness (QED) is 0.627. The van der Waals surface area contributed by atoms with Crippen LogP contribution in [-0.4, -0.2) is 24.6 Å². The summed E-state index contributed by atoms with van der Waals surface area (Å²) in [5.74, 6) is 0. The number of hydrogen-bond donors (Lipinski definition) is 1. The summed E-state index contributed by atoms with van der Waals surface area (Å²) < 4.78 is 6.96. The lowest BCUT2D eigenvalue weighted by Crippen LogP contribution is -2.06. The van der Waals surface area contributed by atoms with Crippen molar-refractivity contribution in [3.63, 3.8) is 0 Å². The summed E-state index contributed by atoms with van der Waals surface area (Å²) in [7, 11) is 1.64. The van der Waals surface area contributed by atoms with Gasteiger partial charge in [-0.25, -0.2) is 0 Å². The van der Waals surface area contributed by atoms with E-state index in [1.54, 1.807) is 7.11 Å². The van der Waals surface area contributed by atoms with Crippen molar-refractivity contribution < 1.29 is 9.53 Å². The van der Waals surface area contributed by atoms with Crippen LogP contribution in [0, 0.1) is 0 Å². The molecule has 0 aliphatic rings. The van der Waals surface area contributed by atoms with Gasteiger partial charge in [-0.3, -0.25) is 4.79 Å². The lowest BCUT2D eigenvalue weighted by Gasteiger charge is -2.06. The highest BCUT2D eigenvalue weighted by Crippen LogP contribution is 2.21. The molecule has 0 fully saturated rings. The van der Waals surface area contributed by atoms with E-state index >= 15 is 0 Å². The predicted molar refractivity (Wildman–Crippen MR) is 63.6 cm³/mol. The Kier molecular flexibility index (Phi) is 2.92. The average Bonchev–Trinajstić information content (AvgIpc) is 2.63. The molecule has 0 unspecified atom stereocenters. The fourth-order valence-electron chi connectivity index (χ4n) is 1.84. The fraction of sp³-hybridized carbons (Fsp3) is 0.250. The van der Waals surface area contributed by atoms with Crippen LogP contribution in [0.1, 0.15) is 10.5 Å². The molecule has 0 radical (unpaired) electrons. The van der Waals surface area contributed by atoms with Gasteiger partial charge in [-0.2, -0.15) is 0 Å². The van der Waals surface area contributed by atoms with Crippen LogP contribution in [0.15, 0.2) is 24.3 Å². The first-order chi connectivity index (χ1) is 7.76. The number of anilines is 1. The Hall–Kier alpha value is -1.81. The molecule has 84 valence electrons. The maximum absolute atomic E-state index is 11.0. The number of aromatic nitrogens is 1. The number of fused-ring (bicyclic) bond motifs is 1. The van der Waals surface area contributed by atoms with E-state index in [4.69, 9.17) is 10.5 Å². The highest BCUT2D eigenvalue weighted by molar-refractivity contribution is 5.90. The SMILES string of the molecule is COCCn1c(C=O)cc2cc(N)ccc21. The number of carbonyl (C=O) groups excluding carboxylic acids is 1. The van der Waals surface area contributed by atoms with Crippen molar-refractivity contribution in [3.8, 4) is 0 Å². The topological polar surface area (TPSA) is 57.2 Å². The summed E-state index contributed by atoms with van der Waals surface area (Å²) in [6, 6.07) is 7.47. The van der Waals surface area contributed by atoms with Gasteiger partial charge in [0, 0.05) is 30.2 Å². The van der Waals surface area contributed by atoms with Gasteiger partial charge in [-0.1, -0.05) is 0 Å². The Morgan fingerprint density at radius 2 is 2.25 bits per heavy atom. The minimum absolute atomic E-state index is 0.578. The van der Waals surface area contributed by atoms with E-state index in [9.17, 15) is 4.79 Å². The van der Waals surface area contributed by atoms with Crippen LogP contribution in [0.5, 0.6) is 0 Å². The number of aldehydes is 1. The summed E-state index contributed by atoms with van der Waals surface area (Å²) in [4.78, 5) is 11.0. The van der Waals surface area contributed by atoms with Crippen molar-refractivity contribution in [1.29, 1.82) is 0 Å². The van der Waals surface area contributed by atoms with Gasteiger partial charge in [-0.15, -0.1) is 0 Å². The van der Waals surface area contributed by atoms with Crippen LogP contribution in [0.2, 0.25) is 0 Å². The number of benzene rings is 1. The molecule has 0 atom stereocenters. The summed E-state index contributed by atoms with van der Waals surface area (Å²) >= 11 is 0. The predicted octanol–water partition coefficient (Wildman–Crippen LogP) is 1.68.